The number of thiocarbonyl (C=S) groups is 1. The third-order valence-electron chi connectivity index (χ3n) is 3.16. The Labute approximate surface area is 140 Å². The molecule has 2 N–H and O–H groups in total. The van der Waals surface area contributed by atoms with E-state index in [0.717, 1.165) is 17.7 Å². The smallest absolute Gasteiger partial charge is 0.175 e. The highest BCUT2D eigenvalue weighted by atomic mass is 35.5. The number of benzene rings is 2. The van der Waals surface area contributed by atoms with E-state index < -0.39 is 0 Å². The molecule has 0 aliphatic carbocycles. The molecule has 0 radical (unpaired) electrons. The van der Waals surface area contributed by atoms with Gasteiger partial charge in [0.1, 0.15) is 0 Å². The average molecular weight is 339 g/mol. The van der Waals surface area contributed by atoms with Gasteiger partial charge in [0.25, 0.3) is 0 Å². The van der Waals surface area contributed by atoms with Crippen LogP contribution in [0.4, 0.5) is 11.4 Å². The summed E-state index contributed by atoms with van der Waals surface area (Å²) in [6.45, 7) is 4.17. The number of anilines is 2. The second kappa shape index (κ2) is 7.12. The van der Waals surface area contributed by atoms with Gasteiger partial charge in [0.05, 0.1) is 10.7 Å². The van der Waals surface area contributed by atoms with E-state index in [1.54, 1.807) is 18.2 Å². The first-order valence-corrected chi connectivity index (χ1v) is 7.79. The fourth-order valence-corrected chi connectivity index (χ4v) is 2.61. The van der Waals surface area contributed by atoms with Gasteiger partial charge >= 0.3 is 0 Å². The zero-order valence-electron chi connectivity index (χ0n) is 11.8. The van der Waals surface area contributed by atoms with Gasteiger partial charge < -0.3 is 10.6 Å². The fraction of sp³-hybridized carbons (Fsp3) is 0.188. The van der Waals surface area contributed by atoms with E-state index in [0.29, 0.717) is 20.8 Å². The maximum atomic E-state index is 6.12. The molecule has 0 saturated heterocycles. The predicted octanol–water partition coefficient (Wildman–Crippen LogP) is 5.67. The Morgan fingerprint density at radius 3 is 2.62 bits per heavy atom. The normalized spacial score (nSPS) is 10.3. The Hall–Kier alpha value is -1.29. The van der Waals surface area contributed by atoms with E-state index >= 15 is 0 Å². The quantitative estimate of drug-likeness (QED) is 0.704. The van der Waals surface area contributed by atoms with E-state index in [1.807, 2.05) is 6.07 Å². The number of rotatable bonds is 3. The topological polar surface area (TPSA) is 24.1 Å². The third-order valence-corrected chi connectivity index (χ3v) is 3.92. The first-order chi connectivity index (χ1) is 10.0. The molecular formula is C16H16Cl2N2S. The molecule has 2 aromatic rings. The molecule has 5 heteroatoms. The van der Waals surface area contributed by atoms with Crippen LogP contribution in [0.2, 0.25) is 10.0 Å². The third kappa shape index (κ3) is 4.10. The lowest BCUT2D eigenvalue weighted by Gasteiger charge is -2.16. The van der Waals surface area contributed by atoms with Crippen LogP contribution in [0.25, 0.3) is 0 Å². The second-order valence-corrected chi connectivity index (χ2v) is 5.92. The van der Waals surface area contributed by atoms with Crippen LogP contribution < -0.4 is 10.6 Å². The van der Waals surface area contributed by atoms with Gasteiger partial charge in [0.15, 0.2) is 5.11 Å². The molecule has 0 spiro atoms. The number of aryl methyl sites for hydroxylation is 2. The molecule has 2 aromatic carbocycles. The number of para-hydroxylation sites is 1. The lowest BCUT2D eigenvalue weighted by Crippen LogP contribution is -2.20. The van der Waals surface area contributed by atoms with Crippen LogP contribution in [-0.4, -0.2) is 5.11 Å². The summed E-state index contributed by atoms with van der Waals surface area (Å²) in [4.78, 5) is 0. The van der Waals surface area contributed by atoms with Crippen LogP contribution in [0.15, 0.2) is 36.4 Å². The van der Waals surface area contributed by atoms with Gasteiger partial charge in [-0.15, -0.1) is 0 Å². The maximum absolute atomic E-state index is 6.12. The van der Waals surface area contributed by atoms with Crippen LogP contribution in [0.1, 0.15) is 18.1 Å². The van der Waals surface area contributed by atoms with E-state index in [-0.39, 0.29) is 0 Å². The van der Waals surface area contributed by atoms with Crippen molar-refractivity contribution in [3.63, 3.8) is 0 Å². The van der Waals surface area contributed by atoms with Gasteiger partial charge in [0, 0.05) is 10.7 Å². The number of hydrogen-bond acceptors (Lipinski definition) is 1. The minimum atomic E-state index is 0.489. The SMILES string of the molecule is CCc1cccc(C)c1NC(=S)Nc1cc(Cl)ccc1Cl. The summed E-state index contributed by atoms with van der Waals surface area (Å²) in [6.07, 6.45) is 0.935. The maximum Gasteiger partial charge on any atom is 0.175 e. The summed E-state index contributed by atoms with van der Waals surface area (Å²) in [5, 5.41) is 7.99. The van der Waals surface area contributed by atoms with Gasteiger partial charge in [0.2, 0.25) is 0 Å². The van der Waals surface area contributed by atoms with Gasteiger partial charge in [-0.1, -0.05) is 48.3 Å². The lowest BCUT2D eigenvalue weighted by atomic mass is 10.1. The van der Waals surface area contributed by atoms with Gasteiger partial charge in [-0.05, 0) is 54.9 Å². The Bertz CT molecular complexity index is 671. The van der Waals surface area contributed by atoms with Crippen molar-refractivity contribution in [1.82, 2.24) is 0 Å². The van der Waals surface area contributed by atoms with Gasteiger partial charge in [-0.3, -0.25) is 0 Å². The van der Waals surface area contributed by atoms with Crippen molar-refractivity contribution in [3.05, 3.63) is 57.6 Å². The Balaban J connectivity index is 2.17. The van der Waals surface area contributed by atoms with Crippen molar-refractivity contribution < 1.29 is 0 Å². The molecule has 0 fully saturated rings. The highest BCUT2D eigenvalue weighted by Gasteiger charge is 2.08. The van der Waals surface area contributed by atoms with E-state index in [2.05, 4.69) is 36.6 Å². The van der Waals surface area contributed by atoms with Crippen molar-refractivity contribution in [1.29, 1.82) is 0 Å². The monoisotopic (exact) mass is 338 g/mol. The molecule has 0 heterocycles. The van der Waals surface area contributed by atoms with Crippen LogP contribution in [0.5, 0.6) is 0 Å². The summed E-state index contributed by atoms with van der Waals surface area (Å²) in [5.41, 5.74) is 4.09. The van der Waals surface area contributed by atoms with E-state index in [4.69, 9.17) is 35.4 Å². The molecule has 0 atom stereocenters. The first-order valence-electron chi connectivity index (χ1n) is 6.62. The molecule has 0 bridgehead atoms. The molecule has 0 aliphatic heterocycles. The summed E-state index contributed by atoms with van der Waals surface area (Å²) in [6, 6.07) is 11.4. The summed E-state index contributed by atoms with van der Waals surface area (Å²) in [7, 11) is 0. The molecule has 0 amide bonds. The molecule has 0 aromatic heterocycles. The van der Waals surface area contributed by atoms with Crippen LogP contribution in [0.3, 0.4) is 0 Å². The molecule has 2 nitrogen and oxygen atoms in total. The van der Waals surface area contributed by atoms with Crippen molar-refractivity contribution in [2.24, 2.45) is 0 Å². The molecule has 21 heavy (non-hydrogen) atoms. The Morgan fingerprint density at radius 1 is 1.14 bits per heavy atom. The standard InChI is InChI=1S/C16H16Cl2N2S/c1-3-11-6-4-5-10(2)15(11)20-16(21)19-14-9-12(17)7-8-13(14)18/h4-9H,3H2,1-2H3,(H2,19,20,21). The minimum Gasteiger partial charge on any atom is -0.332 e. The number of halogens is 2. The van der Waals surface area contributed by atoms with Gasteiger partial charge in [-0.2, -0.15) is 0 Å². The Kier molecular flexibility index (Phi) is 5.45. The largest absolute Gasteiger partial charge is 0.332 e. The van der Waals surface area contributed by atoms with Gasteiger partial charge in [-0.25, -0.2) is 0 Å². The van der Waals surface area contributed by atoms with Crippen LogP contribution in [0, 0.1) is 6.92 Å². The van der Waals surface area contributed by atoms with E-state index in [9.17, 15) is 0 Å². The molecular weight excluding hydrogens is 323 g/mol. The first kappa shape index (κ1) is 16.1. The summed E-state index contributed by atoms with van der Waals surface area (Å²) < 4.78 is 0. The summed E-state index contributed by atoms with van der Waals surface area (Å²) in [5.74, 6) is 0. The second-order valence-electron chi connectivity index (χ2n) is 4.67. The van der Waals surface area contributed by atoms with Crippen LogP contribution >= 0.6 is 35.4 Å². The zero-order chi connectivity index (χ0) is 15.4. The average Bonchev–Trinajstić information content (AvgIpc) is 2.45. The Morgan fingerprint density at radius 2 is 1.90 bits per heavy atom. The highest BCUT2D eigenvalue weighted by Crippen LogP contribution is 2.26. The van der Waals surface area contributed by atoms with Crippen molar-refractivity contribution in [3.8, 4) is 0 Å². The van der Waals surface area contributed by atoms with Crippen molar-refractivity contribution >= 4 is 51.9 Å². The molecule has 0 aliphatic rings. The van der Waals surface area contributed by atoms with E-state index in [1.165, 1.54) is 5.56 Å². The van der Waals surface area contributed by atoms with Crippen LogP contribution in [-0.2, 0) is 6.42 Å². The van der Waals surface area contributed by atoms with Crippen molar-refractivity contribution in [2.75, 3.05) is 10.6 Å². The lowest BCUT2D eigenvalue weighted by molar-refractivity contribution is 1.13. The molecule has 0 unspecified atom stereocenters. The summed E-state index contributed by atoms with van der Waals surface area (Å²) >= 11 is 17.5. The predicted molar refractivity (Wildman–Crippen MR) is 96.9 cm³/mol. The fourth-order valence-electron chi connectivity index (χ4n) is 2.06. The zero-order valence-corrected chi connectivity index (χ0v) is 14.2. The molecule has 0 saturated carbocycles. The highest BCUT2D eigenvalue weighted by molar-refractivity contribution is 7.80. The minimum absolute atomic E-state index is 0.489. The number of hydrogen-bond donors (Lipinski definition) is 2. The molecule has 110 valence electrons. The number of nitrogens with one attached hydrogen (secondary N) is 2. The van der Waals surface area contributed by atoms with Crippen molar-refractivity contribution in [2.45, 2.75) is 20.3 Å². The molecule has 2 rings (SSSR count).